The Hall–Kier alpha value is -4.81. The highest BCUT2D eigenvalue weighted by Crippen LogP contribution is 2.36. The van der Waals surface area contributed by atoms with E-state index in [1.54, 1.807) is 31.0 Å². The van der Waals surface area contributed by atoms with Crippen LogP contribution < -0.4 is 16.0 Å². The number of pyridine rings is 1. The quantitative estimate of drug-likeness (QED) is 0.220. The predicted octanol–water partition coefficient (Wildman–Crippen LogP) is 4.75. The summed E-state index contributed by atoms with van der Waals surface area (Å²) in [6.45, 7) is 5.11. The SMILES string of the molecule is CC(NC(=O)c1c(N)nn2cccnc12)c1cc(Cl)c2cncn2c1N1CCCC[C@H]1C.O=C(O)C(F)(F)F.O=C(O)C(F)(F)F. The summed E-state index contributed by atoms with van der Waals surface area (Å²) in [4.78, 5) is 42.0. The van der Waals surface area contributed by atoms with Crippen LogP contribution in [-0.4, -0.2) is 77.0 Å². The molecule has 1 aliphatic rings. The fourth-order valence-electron chi connectivity index (χ4n) is 4.56. The van der Waals surface area contributed by atoms with Crippen molar-refractivity contribution in [3.8, 4) is 0 Å². The van der Waals surface area contributed by atoms with Gasteiger partial charge in [-0.25, -0.2) is 24.1 Å². The number of hydrogen-bond acceptors (Lipinski definition) is 8. The number of nitrogens with one attached hydrogen (secondary N) is 1. The Morgan fingerprint density at radius 1 is 1.11 bits per heavy atom. The minimum absolute atomic E-state index is 0.140. The van der Waals surface area contributed by atoms with E-state index in [2.05, 4.69) is 32.2 Å². The van der Waals surface area contributed by atoms with Crippen LogP contribution in [0.3, 0.4) is 0 Å². The number of carbonyl (C=O) groups is 3. The van der Waals surface area contributed by atoms with E-state index in [9.17, 15) is 31.1 Å². The van der Waals surface area contributed by atoms with E-state index in [0.29, 0.717) is 16.7 Å². The maximum Gasteiger partial charge on any atom is 0.490 e. The van der Waals surface area contributed by atoms with E-state index >= 15 is 0 Å². The van der Waals surface area contributed by atoms with E-state index in [1.807, 2.05) is 17.4 Å². The van der Waals surface area contributed by atoms with Crippen LogP contribution in [0.4, 0.5) is 38.0 Å². The van der Waals surface area contributed by atoms with Gasteiger partial charge in [-0.15, -0.1) is 5.10 Å². The van der Waals surface area contributed by atoms with Crippen LogP contribution in [0.25, 0.3) is 11.2 Å². The fourth-order valence-corrected chi connectivity index (χ4v) is 4.82. The second-order valence-corrected chi connectivity index (χ2v) is 10.3. The van der Waals surface area contributed by atoms with Crippen molar-refractivity contribution in [2.45, 2.75) is 57.5 Å². The van der Waals surface area contributed by atoms with Gasteiger partial charge < -0.3 is 26.2 Å². The number of piperidine rings is 1. The molecule has 1 aliphatic heterocycles. The van der Waals surface area contributed by atoms with Crippen molar-refractivity contribution in [2.24, 2.45) is 0 Å². The Morgan fingerprint density at radius 3 is 2.28 bits per heavy atom. The highest BCUT2D eigenvalue weighted by molar-refractivity contribution is 6.34. The van der Waals surface area contributed by atoms with Crippen molar-refractivity contribution in [1.29, 1.82) is 0 Å². The Labute approximate surface area is 260 Å². The molecule has 1 fully saturated rings. The molecule has 0 radical (unpaired) electrons. The first-order chi connectivity index (χ1) is 21.3. The number of imidazole rings is 1. The molecule has 1 amide bonds. The van der Waals surface area contributed by atoms with E-state index in [1.165, 1.54) is 10.9 Å². The van der Waals surface area contributed by atoms with Gasteiger partial charge in [0.1, 0.15) is 17.7 Å². The number of nitrogens with two attached hydrogens (primary N) is 1. The normalized spacial score (nSPS) is 15.8. The molecule has 0 bridgehead atoms. The summed E-state index contributed by atoms with van der Waals surface area (Å²) in [6, 6.07) is 3.70. The lowest BCUT2D eigenvalue weighted by atomic mass is 10.0. The maximum absolute atomic E-state index is 13.2. The van der Waals surface area contributed by atoms with Crippen molar-refractivity contribution in [1.82, 2.24) is 29.3 Å². The number of hydrogen-bond donors (Lipinski definition) is 4. The molecule has 0 aliphatic carbocycles. The average molecular weight is 681 g/mol. The lowest BCUT2D eigenvalue weighted by Gasteiger charge is -2.38. The lowest BCUT2D eigenvalue weighted by molar-refractivity contribution is -0.193. The molecule has 0 aromatic carbocycles. The van der Waals surface area contributed by atoms with Gasteiger partial charge in [-0.2, -0.15) is 26.3 Å². The van der Waals surface area contributed by atoms with Crippen LogP contribution in [0.5, 0.6) is 0 Å². The highest BCUT2D eigenvalue weighted by atomic mass is 35.5. The molecule has 4 aromatic heterocycles. The van der Waals surface area contributed by atoms with Gasteiger partial charge in [0.2, 0.25) is 0 Å². The highest BCUT2D eigenvalue weighted by Gasteiger charge is 2.39. The molecule has 1 unspecified atom stereocenters. The zero-order valence-electron chi connectivity index (χ0n) is 24.0. The molecule has 20 heteroatoms. The van der Waals surface area contributed by atoms with Gasteiger partial charge in [0, 0.05) is 30.5 Å². The standard InChI is InChI=1S/C22H25ClN8O.2C2HF3O2/c1-13-6-3-4-8-29(13)22-15(10-16(23)17-11-25-12-30(17)22)14(2)27-21(32)18-19(24)28-31-9-5-7-26-20(18)31;2*3-2(4,5)1(6)7/h5,7,9-14H,3-4,6,8H2,1-2H3,(H2,24,28)(H,27,32);2*(H,6,7)/t13-,14?;;/m1../s1. The summed E-state index contributed by atoms with van der Waals surface area (Å²) >= 11 is 6.60. The molecule has 13 nitrogen and oxygen atoms in total. The van der Waals surface area contributed by atoms with Gasteiger partial charge in [0.25, 0.3) is 5.91 Å². The van der Waals surface area contributed by atoms with Gasteiger partial charge >= 0.3 is 24.3 Å². The number of anilines is 2. The second kappa shape index (κ2) is 14.1. The zero-order valence-corrected chi connectivity index (χ0v) is 24.7. The first-order valence-electron chi connectivity index (χ1n) is 13.3. The second-order valence-electron chi connectivity index (χ2n) is 9.91. The third kappa shape index (κ3) is 8.26. The summed E-state index contributed by atoms with van der Waals surface area (Å²) in [5.41, 5.74) is 8.49. The Kier molecular flexibility index (Phi) is 10.9. The molecule has 1 saturated heterocycles. The molecular formula is C26H27ClF6N8O5. The molecule has 2 atom stereocenters. The minimum Gasteiger partial charge on any atom is -0.475 e. The van der Waals surface area contributed by atoms with Gasteiger partial charge in [-0.3, -0.25) is 9.20 Å². The monoisotopic (exact) mass is 680 g/mol. The Balaban J connectivity index is 0.000000345. The van der Waals surface area contributed by atoms with Gasteiger partial charge in [-0.05, 0) is 45.2 Å². The molecular weight excluding hydrogens is 654 g/mol. The largest absolute Gasteiger partial charge is 0.490 e. The number of aromatic nitrogens is 5. The van der Waals surface area contributed by atoms with E-state index in [4.69, 9.17) is 37.1 Å². The summed E-state index contributed by atoms with van der Waals surface area (Å²) < 4.78 is 67.0. The predicted molar refractivity (Wildman–Crippen MR) is 152 cm³/mol. The Bertz CT molecular complexity index is 1700. The van der Waals surface area contributed by atoms with Crippen LogP contribution in [0.15, 0.2) is 37.1 Å². The lowest BCUT2D eigenvalue weighted by Crippen LogP contribution is -2.40. The van der Waals surface area contributed by atoms with Crippen molar-refractivity contribution in [2.75, 3.05) is 17.2 Å². The van der Waals surface area contributed by atoms with Crippen molar-refractivity contribution < 1.29 is 50.9 Å². The van der Waals surface area contributed by atoms with E-state index in [0.717, 1.165) is 36.3 Å². The number of carbonyl (C=O) groups excluding carboxylic acids is 1. The number of nitrogens with zero attached hydrogens (tertiary/aromatic N) is 6. The molecule has 5 heterocycles. The Morgan fingerprint density at radius 2 is 1.72 bits per heavy atom. The fraction of sp³-hybridized carbons (Fsp3) is 0.385. The van der Waals surface area contributed by atoms with Crippen LogP contribution in [0.1, 0.15) is 55.1 Å². The molecule has 5 N–H and O–H groups in total. The third-order valence-corrected chi connectivity index (χ3v) is 6.98. The average Bonchev–Trinajstić information content (AvgIpc) is 3.58. The van der Waals surface area contributed by atoms with Crippen molar-refractivity contribution in [3.63, 3.8) is 0 Å². The maximum atomic E-state index is 13.2. The van der Waals surface area contributed by atoms with Crippen LogP contribution in [0.2, 0.25) is 5.02 Å². The van der Waals surface area contributed by atoms with E-state index in [-0.39, 0.29) is 23.3 Å². The number of amides is 1. The number of carboxylic acid groups (broad SMARTS) is 2. The minimum atomic E-state index is -5.08. The first kappa shape index (κ1) is 35.7. The molecule has 0 saturated carbocycles. The first-order valence-corrected chi connectivity index (χ1v) is 13.6. The molecule has 5 rings (SSSR count). The van der Waals surface area contributed by atoms with Crippen LogP contribution >= 0.6 is 11.6 Å². The number of fused-ring (bicyclic) bond motifs is 2. The number of alkyl halides is 6. The van der Waals surface area contributed by atoms with Crippen molar-refractivity contribution in [3.05, 3.63) is 53.2 Å². The van der Waals surface area contributed by atoms with Crippen molar-refractivity contribution >= 4 is 52.2 Å². The van der Waals surface area contributed by atoms with Gasteiger partial charge in [0.15, 0.2) is 11.5 Å². The van der Waals surface area contributed by atoms with Gasteiger partial charge in [-0.1, -0.05) is 11.6 Å². The number of rotatable bonds is 4. The zero-order chi connectivity index (χ0) is 34.6. The van der Waals surface area contributed by atoms with Gasteiger partial charge in [0.05, 0.1) is 22.8 Å². The summed E-state index contributed by atoms with van der Waals surface area (Å²) in [7, 11) is 0. The number of aliphatic carboxylic acids is 2. The van der Waals surface area contributed by atoms with Crippen LogP contribution in [-0.2, 0) is 9.59 Å². The smallest absolute Gasteiger partial charge is 0.475 e. The molecule has 46 heavy (non-hydrogen) atoms. The van der Waals surface area contributed by atoms with E-state index < -0.39 is 24.3 Å². The summed E-state index contributed by atoms with van der Waals surface area (Å²) in [5.74, 6) is -4.70. The molecule has 4 aromatic rings. The molecule has 250 valence electrons. The number of nitrogen functional groups attached to an aromatic ring is 1. The number of halogens is 7. The topological polar surface area (TPSA) is 180 Å². The third-order valence-electron chi connectivity index (χ3n) is 6.68. The summed E-state index contributed by atoms with van der Waals surface area (Å²) in [6.07, 6.45) is 0.140. The van der Waals surface area contributed by atoms with Crippen LogP contribution in [0, 0.1) is 0 Å². The molecule has 0 spiro atoms. The number of carboxylic acids is 2. The summed E-state index contributed by atoms with van der Waals surface area (Å²) in [5, 5.41) is 22.1.